The molecule has 4 rings (SSSR count). The summed E-state index contributed by atoms with van der Waals surface area (Å²) in [6, 6.07) is 16.0. The minimum Gasteiger partial charge on any atom is -0.497 e. The number of hydrogen-bond acceptors (Lipinski definition) is 7. The van der Waals surface area contributed by atoms with E-state index in [4.69, 9.17) is 9.47 Å². The molecule has 1 N–H and O–H groups in total. The first-order valence-corrected chi connectivity index (χ1v) is 11.5. The van der Waals surface area contributed by atoms with Gasteiger partial charge in [0.1, 0.15) is 11.4 Å². The van der Waals surface area contributed by atoms with E-state index in [9.17, 15) is 14.9 Å². The molecule has 3 aromatic heterocycles. The number of rotatable bonds is 10. The van der Waals surface area contributed by atoms with Gasteiger partial charge in [0, 0.05) is 38.3 Å². The van der Waals surface area contributed by atoms with Crippen molar-refractivity contribution in [3.63, 3.8) is 0 Å². The normalized spacial score (nSPS) is 10.6. The molecule has 0 aliphatic heterocycles. The van der Waals surface area contributed by atoms with Crippen molar-refractivity contribution < 1.29 is 14.3 Å². The molecule has 1 aromatic carbocycles. The van der Waals surface area contributed by atoms with Crippen LogP contribution in [0.1, 0.15) is 38.4 Å². The van der Waals surface area contributed by atoms with Gasteiger partial charge >= 0.3 is 0 Å². The van der Waals surface area contributed by atoms with Gasteiger partial charge < -0.3 is 19.4 Å². The zero-order valence-corrected chi connectivity index (χ0v) is 20.5. The molecule has 0 atom stereocenters. The lowest BCUT2D eigenvalue weighted by molar-refractivity contribution is 0.0945. The van der Waals surface area contributed by atoms with E-state index >= 15 is 0 Å². The number of pyridine rings is 2. The minimum atomic E-state index is -0.332. The van der Waals surface area contributed by atoms with Gasteiger partial charge in [-0.3, -0.25) is 19.3 Å². The number of hydrogen-bond donors (Lipinski definition) is 1. The molecule has 0 saturated carbocycles. The van der Waals surface area contributed by atoms with Crippen LogP contribution in [-0.2, 0) is 31.0 Å². The highest BCUT2D eigenvalue weighted by Crippen LogP contribution is 2.18. The predicted octanol–water partition coefficient (Wildman–Crippen LogP) is 2.49. The van der Waals surface area contributed by atoms with Crippen LogP contribution in [0, 0.1) is 11.3 Å². The molecule has 0 saturated heterocycles. The van der Waals surface area contributed by atoms with Gasteiger partial charge in [-0.25, -0.2) is 0 Å². The standard InChI is InChI=1S/C27H26N6O4/c1-36-18-25-24(27(35)30-14-21-11-23(37-2)9-7-20(21)12-28)17-33(31-25)16-22-8-6-19(13-29-22)15-32-10-4-3-5-26(32)34/h3-11,13,17H,14-16,18H2,1-2H3,(H,30,35). The Hall–Kier alpha value is -4.75. The van der Waals surface area contributed by atoms with Gasteiger partial charge in [0.2, 0.25) is 0 Å². The van der Waals surface area contributed by atoms with Gasteiger partial charge in [0.15, 0.2) is 0 Å². The highest BCUT2D eigenvalue weighted by atomic mass is 16.5. The molecular weight excluding hydrogens is 472 g/mol. The van der Waals surface area contributed by atoms with Crippen LogP contribution in [0.3, 0.4) is 0 Å². The molecule has 37 heavy (non-hydrogen) atoms. The lowest BCUT2D eigenvalue weighted by Crippen LogP contribution is -2.24. The molecule has 0 unspecified atom stereocenters. The SMILES string of the molecule is COCc1nn(Cc2ccc(Cn3ccccc3=O)cn2)cc1C(=O)NCc1cc(OC)ccc1C#N. The van der Waals surface area contributed by atoms with Crippen LogP contribution in [0.2, 0.25) is 0 Å². The summed E-state index contributed by atoms with van der Waals surface area (Å²) in [5, 5.41) is 16.7. The molecule has 0 aliphatic carbocycles. The van der Waals surface area contributed by atoms with Crippen molar-refractivity contribution in [3.05, 3.63) is 111 Å². The van der Waals surface area contributed by atoms with E-state index in [-0.39, 0.29) is 24.6 Å². The number of nitriles is 1. The first-order chi connectivity index (χ1) is 18.0. The zero-order chi connectivity index (χ0) is 26.2. The van der Waals surface area contributed by atoms with Crippen molar-refractivity contribution in [2.24, 2.45) is 0 Å². The van der Waals surface area contributed by atoms with E-state index in [0.29, 0.717) is 41.2 Å². The molecule has 1 amide bonds. The second kappa shape index (κ2) is 11.8. The van der Waals surface area contributed by atoms with Crippen molar-refractivity contribution in [2.45, 2.75) is 26.2 Å². The minimum absolute atomic E-state index is 0.0742. The molecular formula is C27H26N6O4. The average molecular weight is 499 g/mol. The molecule has 0 fully saturated rings. The van der Waals surface area contributed by atoms with Crippen LogP contribution in [-0.4, -0.2) is 39.5 Å². The van der Waals surface area contributed by atoms with E-state index in [1.165, 1.54) is 13.2 Å². The Labute approximate surface area is 213 Å². The second-order valence-electron chi connectivity index (χ2n) is 8.26. The molecule has 0 radical (unpaired) electrons. The fraction of sp³-hybridized carbons (Fsp3) is 0.222. The monoisotopic (exact) mass is 498 g/mol. The van der Waals surface area contributed by atoms with Gasteiger partial charge in [-0.15, -0.1) is 0 Å². The fourth-order valence-electron chi connectivity index (χ4n) is 3.79. The third-order valence-corrected chi connectivity index (χ3v) is 5.70. The quantitative estimate of drug-likeness (QED) is 0.356. The molecule has 4 aromatic rings. The average Bonchev–Trinajstić information content (AvgIpc) is 3.31. The van der Waals surface area contributed by atoms with Crippen LogP contribution in [0.4, 0.5) is 0 Å². The van der Waals surface area contributed by atoms with E-state index in [1.54, 1.807) is 59.2 Å². The third-order valence-electron chi connectivity index (χ3n) is 5.70. The maximum Gasteiger partial charge on any atom is 0.255 e. The Balaban J connectivity index is 1.46. The summed E-state index contributed by atoms with van der Waals surface area (Å²) in [6.45, 7) is 1.10. The van der Waals surface area contributed by atoms with Gasteiger partial charge in [-0.2, -0.15) is 10.4 Å². The van der Waals surface area contributed by atoms with Crippen LogP contribution < -0.4 is 15.6 Å². The number of ether oxygens (including phenoxy) is 2. The van der Waals surface area contributed by atoms with Crippen LogP contribution in [0.25, 0.3) is 0 Å². The number of carbonyl (C=O) groups is 1. The van der Waals surface area contributed by atoms with Crippen molar-refractivity contribution in [3.8, 4) is 11.8 Å². The molecule has 188 valence electrons. The van der Waals surface area contributed by atoms with Crippen LogP contribution in [0.15, 0.2) is 71.9 Å². The second-order valence-corrected chi connectivity index (χ2v) is 8.26. The maximum absolute atomic E-state index is 13.0. The highest BCUT2D eigenvalue weighted by molar-refractivity contribution is 5.95. The molecule has 0 bridgehead atoms. The molecule has 10 nitrogen and oxygen atoms in total. The Kier molecular flexibility index (Phi) is 8.08. The smallest absolute Gasteiger partial charge is 0.255 e. The zero-order valence-electron chi connectivity index (χ0n) is 20.5. The number of amides is 1. The van der Waals surface area contributed by atoms with Crippen LogP contribution >= 0.6 is 0 Å². The van der Waals surface area contributed by atoms with E-state index in [0.717, 1.165) is 11.3 Å². The van der Waals surface area contributed by atoms with E-state index in [2.05, 4.69) is 21.5 Å². The largest absolute Gasteiger partial charge is 0.497 e. The molecule has 0 aliphatic rings. The number of carbonyl (C=O) groups excluding carboxylic acids is 1. The Morgan fingerprint density at radius 1 is 1.14 bits per heavy atom. The van der Waals surface area contributed by atoms with Crippen molar-refractivity contribution >= 4 is 5.91 Å². The summed E-state index contributed by atoms with van der Waals surface area (Å²) in [4.78, 5) is 29.4. The summed E-state index contributed by atoms with van der Waals surface area (Å²) in [5.74, 6) is 0.270. The van der Waals surface area contributed by atoms with E-state index in [1.807, 2.05) is 18.2 Å². The Morgan fingerprint density at radius 2 is 2.00 bits per heavy atom. The number of nitrogens with zero attached hydrogens (tertiary/aromatic N) is 5. The third kappa shape index (κ3) is 6.28. The fourth-order valence-corrected chi connectivity index (χ4v) is 3.79. The van der Waals surface area contributed by atoms with E-state index < -0.39 is 0 Å². The summed E-state index contributed by atoms with van der Waals surface area (Å²) >= 11 is 0. The molecule has 0 spiro atoms. The molecule has 10 heteroatoms. The van der Waals surface area contributed by atoms with Crippen molar-refractivity contribution in [1.29, 1.82) is 5.26 Å². The van der Waals surface area contributed by atoms with Crippen molar-refractivity contribution in [1.82, 2.24) is 24.6 Å². The van der Waals surface area contributed by atoms with Gasteiger partial charge in [0.05, 0.1) is 49.7 Å². The van der Waals surface area contributed by atoms with Crippen molar-refractivity contribution in [2.75, 3.05) is 14.2 Å². The van der Waals surface area contributed by atoms with Gasteiger partial charge in [0.25, 0.3) is 11.5 Å². The molecule has 3 heterocycles. The topological polar surface area (TPSA) is 124 Å². The Morgan fingerprint density at radius 3 is 2.70 bits per heavy atom. The number of benzene rings is 1. The number of aromatic nitrogens is 4. The first kappa shape index (κ1) is 25.3. The first-order valence-electron chi connectivity index (χ1n) is 11.5. The number of methoxy groups -OCH3 is 2. The summed E-state index contributed by atoms with van der Waals surface area (Å²) in [6.07, 6.45) is 5.11. The Bertz CT molecular complexity index is 1480. The number of nitrogens with one attached hydrogen (secondary N) is 1. The van der Waals surface area contributed by atoms with Gasteiger partial charge in [-0.1, -0.05) is 12.1 Å². The summed E-state index contributed by atoms with van der Waals surface area (Å²) in [7, 11) is 3.08. The highest BCUT2D eigenvalue weighted by Gasteiger charge is 2.17. The summed E-state index contributed by atoms with van der Waals surface area (Å²) < 4.78 is 13.7. The van der Waals surface area contributed by atoms with Crippen LogP contribution in [0.5, 0.6) is 5.75 Å². The summed E-state index contributed by atoms with van der Waals surface area (Å²) in [5.41, 5.74) is 3.55. The predicted molar refractivity (Wildman–Crippen MR) is 135 cm³/mol. The van der Waals surface area contributed by atoms with Gasteiger partial charge in [-0.05, 0) is 41.5 Å². The maximum atomic E-state index is 13.0. The lowest BCUT2D eigenvalue weighted by Gasteiger charge is -2.09. The lowest BCUT2D eigenvalue weighted by atomic mass is 10.1.